The first kappa shape index (κ1) is 12.8. The normalized spacial score (nSPS) is 21.7. The van der Waals surface area contributed by atoms with Crippen molar-refractivity contribution in [1.82, 2.24) is 4.98 Å². The number of hydrogen-bond acceptors (Lipinski definition) is 5. The van der Waals surface area contributed by atoms with E-state index in [4.69, 9.17) is 5.73 Å². The minimum absolute atomic E-state index is 0.132. The van der Waals surface area contributed by atoms with Gasteiger partial charge in [0.2, 0.25) is 5.91 Å². The Morgan fingerprint density at radius 1 is 1.50 bits per heavy atom. The number of carbonyl (C=O) groups excluding carboxylic acids is 1. The van der Waals surface area contributed by atoms with Crippen LogP contribution in [-0.4, -0.2) is 37.4 Å². The third-order valence-electron chi connectivity index (χ3n) is 2.95. The number of amides is 1. The molecule has 0 saturated carbocycles. The van der Waals surface area contributed by atoms with Crippen molar-refractivity contribution in [2.24, 2.45) is 11.7 Å². The van der Waals surface area contributed by atoms with Crippen LogP contribution < -0.4 is 11.1 Å². The predicted molar refractivity (Wildman–Crippen MR) is 68.0 cm³/mol. The van der Waals surface area contributed by atoms with Crippen LogP contribution in [0, 0.1) is 5.92 Å². The highest BCUT2D eigenvalue weighted by Gasteiger charge is 2.27. The summed E-state index contributed by atoms with van der Waals surface area (Å²) < 4.78 is 22.6. The fourth-order valence-corrected chi connectivity index (χ4v) is 3.79. The van der Waals surface area contributed by atoms with Crippen LogP contribution in [0.15, 0.2) is 18.3 Å². The summed E-state index contributed by atoms with van der Waals surface area (Å²) in [5.41, 5.74) is 5.45. The summed E-state index contributed by atoms with van der Waals surface area (Å²) >= 11 is 0. The van der Waals surface area contributed by atoms with Crippen molar-refractivity contribution in [3.63, 3.8) is 0 Å². The molecule has 98 valence electrons. The van der Waals surface area contributed by atoms with Crippen molar-refractivity contribution in [1.29, 1.82) is 0 Å². The largest absolute Gasteiger partial charge is 0.370 e. The van der Waals surface area contributed by atoms with Crippen LogP contribution in [0.25, 0.3) is 0 Å². The van der Waals surface area contributed by atoms with E-state index in [1.165, 1.54) is 6.20 Å². The molecule has 1 fully saturated rings. The van der Waals surface area contributed by atoms with Gasteiger partial charge in [0.1, 0.15) is 5.82 Å². The zero-order chi connectivity index (χ0) is 13.2. The van der Waals surface area contributed by atoms with E-state index in [0.29, 0.717) is 24.3 Å². The number of nitrogens with zero attached hydrogens (tertiary/aromatic N) is 1. The second kappa shape index (κ2) is 4.93. The summed E-state index contributed by atoms with van der Waals surface area (Å²) in [5, 5.41) is 3.06. The number of nitrogens with two attached hydrogens (primary N) is 1. The van der Waals surface area contributed by atoms with Gasteiger partial charge in [0.15, 0.2) is 9.84 Å². The second-order valence-corrected chi connectivity index (χ2v) is 6.68. The first-order chi connectivity index (χ1) is 8.46. The standard InChI is InChI=1S/C11H15N3O3S/c12-11(15)9-1-2-10(14-6-9)13-5-8-3-4-18(16,17)7-8/h1-2,6,8H,3-5,7H2,(H2,12,15)(H,13,14). The molecule has 0 radical (unpaired) electrons. The maximum absolute atomic E-state index is 11.3. The number of rotatable bonds is 4. The molecule has 6 nitrogen and oxygen atoms in total. The molecule has 2 heterocycles. The van der Waals surface area contributed by atoms with Crippen molar-refractivity contribution < 1.29 is 13.2 Å². The second-order valence-electron chi connectivity index (χ2n) is 4.45. The monoisotopic (exact) mass is 269 g/mol. The van der Waals surface area contributed by atoms with Crippen LogP contribution in [0.3, 0.4) is 0 Å². The van der Waals surface area contributed by atoms with Crippen molar-refractivity contribution in [2.75, 3.05) is 23.4 Å². The van der Waals surface area contributed by atoms with Crippen molar-refractivity contribution in [2.45, 2.75) is 6.42 Å². The molecule has 3 N–H and O–H groups in total. The summed E-state index contributed by atoms with van der Waals surface area (Å²) in [5.74, 6) is 0.736. The number of nitrogens with one attached hydrogen (secondary N) is 1. The molecule has 1 saturated heterocycles. The Kier molecular flexibility index (Phi) is 3.51. The summed E-state index contributed by atoms with van der Waals surface area (Å²) in [6.07, 6.45) is 2.09. The van der Waals surface area contributed by atoms with E-state index in [2.05, 4.69) is 10.3 Å². The average molecular weight is 269 g/mol. The SMILES string of the molecule is NC(=O)c1ccc(NCC2CCS(=O)(=O)C2)nc1. The summed E-state index contributed by atoms with van der Waals surface area (Å²) in [7, 11) is -2.84. The topological polar surface area (TPSA) is 102 Å². The third-order valence-corrected chi connectivity index (χ3v) is 4.78. The highest BCUT2D eigenvalue weighted by atomic mass is 32.2. The van der Waals surface area contributed by atoms with E-state index in [9.17, 15) is 13.2 Å². The number of carbonyl (C=O) groups is 1. The van der Waals surface area contributed by atoms with E-state index in [1.807, 2.05) is 0 Å². The van der Waals surface area contributed by atoms with Gasteiger partial charge in [-0.2, -0.15) is 0 Å². The van der Waals surface area contributed by atoms with Gasteiger partial charge >= 0.3 is 0 Å². The molecule has 1 aromatic rings. The molecule has 7 heteroatoms. The van der Waals surface area contributed by atoms with Gasteiger partial charge in [-0.3, -0.25) is 4.79 Å². The molecule has 0 aliphatic carbocycles. The molecule has 1 aromatic heterocycles. The van der Waals surface area contributed by atoms with Crippen LogP contribution in [0.1, 0.15) is 16.8 Å². The summed E-state index contributed by atoms with van der Waals surface area (Å²) in [6, 6.07) is 3.24. The quantitative estimate of drug-likeness (QED) is 0.802. The zero-order valence-electron chi connectivity index (χ0n) is 9.80. The van der Waals surface area contributed by atoms with Crippen LogP contribution >= 0.6 is 0 Å². The fraction of sp³-hybridized carbons (Fsp3) is 0.455. The van der Waals surface area contributed by atoms with E-state index in [0.717, 1.165) is 0 Å². The molecule has 2 rings (SSSR count). The van der Waals surface area contributed by atoms with Gasteiger partial charge in [-0.1, -0.05) is 0 Å². The van der Waals surface area contributed by atoms with Crippen LogP contribution in [0.5, 0.6) is 0 Å². The van der Waals surface area contributed by atoms with Crippen LogP contribution in [0.2, 0.25) is 0 Å². The Balaban J connectivity index is 1.89. The van der Waals surface area contributed by atoms with E-state index >= 15 is 0 Å². The van der Waals surface area contributed by atoms with E-state index in [-0.39, 0.29) is 17.4 Å². The fourth-order valence-electron chi connectivity index (χ4n) is 1.93. The Morgan fingerprint density at radius 2 is 2.28 bits per heavy atom. The Morgan fingerprint density at radius 3 is 2.78 bits per heavy atom. The summed E-state index contributed by atoms with van der Waals surface area (Å²) in [6.45, 7) is 0.572. The number of aromatic nitrogens is 1. The number of sulfone groups is 1. The molecular formula is C11H15N3O3S. The van der Waals surface area contributed by atoms with Gasteiger partial charge in [-0.15, -0.1) is 0 Å². The molecule has 1 atom stereocenters. The van der Waals surface area contributed by atoms with E-state index in [1.54, 1.807) is 12.1 Å². The highest BCUT2D eigenvalue weighted by molar-refractivity contribution is 7.91. The van der Waals surface area contributed by atoms with Crippen molar-refractivity contribution in [3.8, 4) is 0 Å². The Hall–Kier alpha value is -1.63. The van der Waals surface area contributed by atoms with Gasteiger partial charge in [-0.05, 0) is 24.5 Å². The number of hydrogen-bond donors (Lipinski definition) is 2. The first-order valence-electron chi connectivity index (χ1n) is 5.66. The third kappa shape index (κ3) is 3.19. The smallest absolute Gasteiger partial charge is 0.250 e. The Bertz CT molecular complexity index is 539. The minimum Gasteiger partial charge on any atom is -0.370 e. The van der Waals surface area contributed by atoms with Crippen LogP contribution in [-0.2, 0) is 9.84 Å². The molecule has 1 aliphatic heterocycles. The summed E-state index contributed by atoms with van der Waals surface area (Å²) in [4.78, 5) is 14.9. The lowest BCUT2D eigenvalue weighted by Gasteiger charge is -2.10. The number of primary amides is 1. The number of pyridine rings is 1. The number of anilines is 1. The first-order valence-corrected chi connectivity index (χ1v) is 7.48. The van der Waals surface area contributed by atoms with Gasteiger partial charge in [0, 0.05) is 12.7 Å². The molecule has 0 bridgehead atoms. The van der Waals surface area contributed by atoms with E-state index < -0.39 is 15.7 Å². The molecule has 0 spiro atoms. The van der Waals surface area contributed by atoms with Crippen molar-refractivity contribution in [3.05, 3.63) is 23.9 Å². The molecule has 0 aromatic carbocycles. The van der Waals surface area contributed by atoms with Gasteiger partial charge in [0.25, 0.3) is 0 Å². The zero-order valence-corrected chi connectivity index (χ0v) is 10.6. The lowest BCUT2D eigenvalue weighted by atomic mass is 10.1. The maximum Gasteiger partial charge on any atom is 0.250 e. The molecule has 1 amide bonds. The lowest BCUT2D eigenvalue weighted by molar-refractivity contribution is 0.1000. The Labute approximate surface area is 106 Å². The van der Waals surface area contributed by atoms with Crippen molar-refractivity contribution >= 4 is 21.6 Å². The minimum atomic E-state index is -2.84. The van der Waals surface area contributed by atoms with Gasteiger partial charge < -0.3 is 11.1 Å². The lowest BCUT2D eigenvalue weighted by Crippen LogP contribution is -2.16. The molecule has 1 aliphatic rings. The molecule has 18 heavy (non-hydrogen) atoms. The highest BCUT2D eigenvalue weighted by Crippen LogP contribution is 2.18. The van der Waals surface area contributed by atoms with Gasteiger partial charge in [-0.25, -0.2) is 13.4 Å². The maximum atomic E-state index is 11.3. The van der Waals surface area contributed by atoms with Gasteiger partial charge in [0.05, 0.1) is 17.1 Å². The average Bonchev–Trinajstić information content (AvgIpc) is 2.67. The predicted octanol–water partition coefficient (Wildman–Crippen LogP) is 0.0271. The van der Waals surface area contributed by atoms with Crippen LogP contribution in [0.4, 0.5) is 5.82 Å². The molecule has 1 unspecified atom stereocenters. The molecular weight excluding hydrogens is 254 g/mol.